The zero-order chi connectivity index (χ0) is 25.0. The number of hydrogen-bond acceptors (Lipinski definition) is 5. The van der Waals surface area contributed by atoms with Crippen molar-refractivity contribution in [3.8, 4) is 5.75 Å². The first-order chi connectivity index (χ1) is 16.8. The van der Waals surface area contributed by atoms with E-state index in [9.17, 15) is 18.3 Å². The summed E-state index contributed by atoms with van der Waals surface area (Å²) in [6, 6.07) is 24.2. The summed E-state index contributed by atoms with van der Waals surface area (Å²) < 4.78 is 28.0. The van der Waals surface area contributed by atoms with Gasteiger partial charge in [-0.2, -0.15) is 5.10 Å². The van der Waals surface area contributed by atoms with E-state index >= 15 is 0 Å². The molecule has 0 atom stereocenters. The SMILES string of the molecule is Cc1cc(C)cc(N(CC(=O)N/N=C\c2c(O)ccc3ccccc23)S(=O)(=O)c2ccccc2)c1. The number of nitrogens with zero attached hydrogens (tertiary/aromatic N) is 2. The standard InChI is InChI=1S/C27H25N3O4S/c1-19-14-20(2)16-22(15-19)30(35(33,34)23-9-4-3-5-10-23)18-27(32)29-28-17-25-24-11-7-6-8-21(24)12-13-26(25)31/h3-17,31H,18H2,1-2H3,(H,29,32)/b28-17-. The van der Waals surface area contributed by atoms with E-state index in [1.165, 1.54) is 18.3 Å². The number of aryl methyl sites for hydroxylation is 2. The zero-order valence-electron chi connectivity index (χ0n) is 19.3. The van der Waals surface area contributed by atoms with Crippen LogP contribution >= 0.6 is 0 Å². The van der Waals surface area contributed by atoms with Gasteiger partial charge >= 0.3 is 0 Å². The Morgan fingerprint density at radius 3 is 2.31 bits per heavy atom. The second-order valence-electron chi connectivity index (χ2n) is 8.18. The molecule has 0 unspecified atom stereocenters. The molecule has 0 saturated carbocycles. The van der Waals surface area contributed by atoms with E-state index in [2.05, 4.69) is 10.5 Å². The average Bonchev–Trinajstić information content (AvgIpc) is 2.83. The molecule has 0 aromatic heterocycles. The van der Waals surface area contributed by atoms with E-state index in [1.807, 2.05) is 44.2 Å². The van der Waals surface area contributed by atoms with Crippen LogP contribution in [0.3, 0.4) is 0 Å². The van der Waals surface area contributed by atoms with Gasteiger partial charge in [-0.15, -0.1) is 0 Å². The molecule has 1 amide bonds. The fourth-order valence-electron chi connectivity index (χ4n) is 3.88. The number of phenols is 1. The first-order valence-corrected chi connectivity index (χ1v) is 12.4. The maximum Gasteiger partial charge on any atom is 0.264 e. The molecule has 2 N–H and O–H groups in total. The average molecular weight is 488 g/mol. The van der Waals surface area contributed by atoms with Gasteiger partial charge in [0.05, 0.1) is 16.8 Å². The summed E-state index contributed by atoms with van der Waals surface area (Å²) in [5.41, 5.74) is 4.97. The molecule has 0 saturated heterocycles. The van der Waals surface area contributed by atoms with Gasteiger partial charge in [-0.1, -0.05) is 54.6 Å². The minimum atomic E-state index is -4.01. The van der Waals surface area contributed by atoms with Crippen molar-refractivity contribution in [2.45, 2.75) is 18.7 Å². The van der Waals surface area contributed by atoms with Crippen molar-refractivity contribution >= 4 is 38.6 Å². The molecule has 0 aliphatic carbocycles. The molecule has 35 heavy (non-hydrogen) atoms. The van der Waals surface area contributed by atoms with Gasteiger partial charge in [0.1, 0.15) is 12.3 Å². The van der Waals surface area contributed by atoms with E-state index in [1.54, 1.807) is 42.5 Å². The number of amides is 1. The fraction of sp³-hybridized carbons (Fsp3) is 0.111. The Kier molecular flexibility index (Phi) is 6.84. The predicted molar refractivity (Wildman–Crippen MR) is 138 cm³/mol. The monoisotopic (exact) mass is 487 g/mol. The number of fused-ring (bicyclic) bond motifs is 1. The van der Waals surface area contributed by atoms with Crippen LogP contribution in [0.15, 0.2) is 94.9 Å². The van der Waals surface area contributed by atoms with Crippen molar-refractivity contribution in [2.24, 2.45) is 5.10 Å². The number of carbonyl (C=O) groups is 1. The summed E-state index contributed by atoms with van der Waals surface area (Å²) in [6.07, 6.45) is 1.35. The van der Waals surface area contributed by atoms with E-state index in [-0.39, 0.29) is 10.6 Å². The van der Waals surface area contributed by atoms with E-state index in [4.69, 9.17) is 0 Å². The summed E-state index contributed by atoms with van der Waals surface area (Å²) in [5.74, 6) is -0.607. The molecular formula is C27H25N3O4S. The quantitative estimate of drug-likeness (QED) is 0.296. The predicted octanol–water partition coefficient (Wildman–Crippen LogP) is 4.51. The van der Waals surface area contributed by atoms with Crippen molar-refractivity contribution in [2.75, 3.05) is 10.8 Å². The second kappa shape index (κ2) is 9.99. The summed E-state index contributed by atoms with van der Waals surface area (Å²) >= 11 is 0. The number of nitrogens with one attached hydrogen (secondary N) is 1. The molecule has 178 valence electrons. The Balaban J connectivity index is 1.62. The second-order valence-corrected chi connectivity index (χ2v) is 10.0. The van der Waals surface area contributed by atoms with Crippen molar-refractivity contribution < 1.29 is 18.3 Å². The molecule has 0 bridgehead atoms. The van der Waals surface area contributed by atoms with Crippen LogP contribution in [0.2, 0.25) is 0 Å². The van der Waals surface area contributed by atoms with Crippen molar-refractivity contribution in [3.05, 3.63) is 102 Å². The molecule has 4 rings (SSSR count). The highest BCUT2D eigenvalue weighted by Crippen LogP contribution is 2.27. The summed E-state index contributed by atoms with van der Waals surface area (Å²) in [6.45, 7) is 3.26. The van der Waals surface area contributed by atoms with Crippen LogP contribution in [-0.2, 0) is 14.8 Å². The summed E-state index contributed by atoms with van der Waals surface area (Å²) in [5, 5.41) is 15.9. The number of anilines is 1. The van der Waals surface area contributed by atoms with Crippen molar-refractivity contribution in [1.82, 2.24) is 5.43 Å². The van der Waals surface area contributed by atoms with E-state index < -0.39 is 22.5 Å². The Morgan fingerprint density at radius 1 is 0.943 bits per heavy atom. The number of benzene rings is 4. The van der Waals surface area contributed by atoms with Gasteiger partial charge in [0.15, 0.2) is 0 Å². The number of sulfonamides is 1. The maximum absolute atomic E-state index is 13.5. The van der Waals surface area contributed by atoms with Crippen LogP contribution in [0.25, 0.3) is 10.8 Å². The van der Waals surface area contributed by atoms with Gasteiger partial charge < -0.3 is 5.11 Å². The smallest absolute Gasteiger partial charge is 0.264 e. The van der Waals surface area contributed by atoms with Crippen LogP contribution in [0.1, 0.15) is 16.7 Å². The lowest BCUT2D eigenvalue weighted by molar-refractivity contribution is -0.119. The number of hydrazone groups is 1. The maximum atomic E-state index is 13.5. The number of phenolic OH excluding ortho intramolecular Hbond substituents is 1. The largest absolute Gasteiger partial charge is 0.507 e. The summed E-state index contributed by atoms with van der Waals surface area (Å²) in [7, 11) is -4.01. The molecule has 7 nitrogen and oxygen atoms in total. The first-order valence-electron chi connectivity index (χ1n) is 10.9. The topological polar surface area (TPSA) is 99.1 Å². The normalized spacial score (nSPS) is 11.6. The van der Waals surface area contributed by atoms with Crippen LogP contribution in [0.4, 0.5) is 5.69 Å². The van der Waals surface area contributed by atoms with Gasteiger partial charge in [0.25, 0.3) is 15.9 Å². The Bertz CT molecular complexity index is 1500. The summed E-state index contributed by atoms with van der Waals surface area (Å²) in [4.78, 5) is 12.9. The lowest BCUT2D eigenvalue weighted by atomic mass is 10.0. The number of carbonyl (C=O) groups excluding carboxylic acids is 1. The highest BCUT2D eigenvalue weighted by atomic mass is 32.2. The lowest BCUT2D eigenvalue weighted by Crippen LogP contribution is -2.39. The minimum absolute atomic E-state index is 0.0187. The van der Waals surface area contributed by atoms with Crippen LogP contribution < -0.4 is 9.73 Å². The van der Waals surface area contributed by atoms with Crippen molar-refractivity contribution in [1.29, 1.82) is 0 Å². The van der Waals surface area contributed by atoms with Crippen LogP contribution in [0, 0.1) is 13.8 Å². The van der Waals surface area contributed by atoms with Gasteiger partial charge in [-0.3, -0.25) is 9.10 Å². The van der Waals surface area contributed by atoms with Gasteiger partial charge in [0.2, 0.25) is 0 Å². The molecule has 0 heterocycles. The highest BCUT2D eigenvalue weighted by molar-refractivity contribution is 7.92. The van der Waals surface area contributed by atoms with Crippen molar-refractivity contribution in [3.63, 3.8) is 0 Å². The molecule has 0 spiro atoms. The Hall–Kier alpha value is -4.17. The Morgan fingerprint density at radius 2 is 1.60 bits per heavy atom. The number of hydrogen-bond donors (Lipinski definition) is 2. The third-order valence-corrected chi connectivity index (χ3v) is 7.23. The zero-order valence-corrected chi connectivity index (χ0v) is 20.2. The molecule has 4 aromatic rings. The molecular weight excluding hydrogens is 462 g/mol. The number of aromatic hydroxyl groups is 1. The van der Waals surface area contributed by atoms with E-state index in [0.717, 1.165) is 26.2 Å². The highest BCUT2D eigenvalue weighted by Gasteiger charge is 2.27. The van der Waals surface area contributed by atoms with Gasteiger partial charge in [0, 0.05) is 5.56 Å². The molecule has 0 aliphatic heterocycles. The molecule has 0 radical (unpaired) electrons. The fourth-order valence-corrected chi connectivity index (χ4v) is 5.31. The third-order valence-electron chi connectivity index (χ3n) is 5.44. The molecule has 0 aliphatic rings. The third kappa shape index (κ3) is 5.33. The van der Waals surface area contributed by atoms with Gasteiger partial charge in [-0.05, 0) is 66.1 Å². The molecule has 4 aromatic carbocycles. The Labute approximate surface area is 204 Å². The van der Waals surface area contributed by atoms with Crippen LogP contribution in [-0.4, -0.2) is 32.2 Å². The number of rotatable bonds is 7. The van der Waals surface area contributed by atoms with Crippen LogP contribution in [0.5, 0.6) is 5.75 Å². The molecule has 0 fully saturated rings. The lowest BCUT2D eigenvalue weighted by Gasteiger charge is -2.24. The van der Waals surface area contributed by atoms with E-state index in [0.29, 0.717) is 11.3 Å². The first kappa shape index (κ1) is 24.0. The minimum Gasteiger partial charge on any atom is -0.507 e. The van der Waals surface area contributed by atoms with Gasteiger partial charge in [-0.25, -0.2) is 13.8 Å². The molecule has 8 heteroatoms.